The quantitative estimate of drug-likeness (QED) is 0.412. The summed E-state index contributed by atoms with van der Waals surface area (Å²) < 4.78 is 11.3. The van der Waals surface area contributed by atoms with Crippen molar-refractivity contribution in [2.45, 2.75) is 13.5 Å². The maximum atomic E-state index is 12.5. The first-order valence-corrected chi connectivity index (χ1v) is 10.6. The van der Waals surface area contributed by atoms with Crippen molar-refractivity contribution in [3.05, 3.63) is 82.2 Å². The zero-order valence-corrected chi connectivity index (χ0v) is 19.0. The second-order valence-electron chi connectivity index (χ2n) is 6.33. The van der Waals surface area contributed by atoms with Crippen LogP contribution < -0.4 is 20.7 Å². The predicted molar refractivity (Wildman–Crippen MR) is 125 cm³/mol. The number of hydrogen-bond donors (Lipinski definition) is 3. The SMILES string of the molecule is CCOc1ccc(C(=O)NC(=S)Nc2cccc(C(=O)NCc3ccco3)c2)cc1Br. The number of ether oxygens (including phenoxy) is 1. The molecule has 0 atom stereocenters. The maximum absolute atomic E-state index is 12.5. The highest BCUT2D eigenvalue weighted by molar-refractivity contribution is 9.10. The van der Waals surface area contributed by atoms with E-state index in [0.717, 1.165) is 0 Å². The molecule has 1 aromatic heterocycles. The van der Waals surface area contributed by atoms with Gasteiger partial charge >= 0.3 is 0 Å². The van der Waals surface area contributed by atoms with E-state index in [-0.39, 0.29) is 23.5 Å². The third-order valence-electron chi connectivity index (χ3n) is 4.11. The number of thiocarbonyl (C=S) groups is 1. The Morgan fingerprint density at radius 1 is 1.06 bits per heavy atom. The maximum Gasteiger partial charge on any atom is 0.257 e. The summed E-state index contributed by atoms with van der Waals surface area (Å²) in [5.74, 6) is 0.692. The van der Waals surface area contributed by atoms with E-state index < -0.39 is 0 Å². The van der Waals surface area contributed by atoms with E-state index in [4.69, 9.17) is 21.4 Å². The van der Waals surface area contributed by atoms with Gasteiger partial charge in [0.05, 0.1) is 23.9 Å². The number of nitrogens with one attached hydrogen (secondary N) is 3. The minimum Gasteiger partial charge on any atom is -0.493 e. The molecule has 2 aromatic carbocycles. The molecule has 3 aromatic rings. The van der Waals surface area contributed by atoms with Gasteiger partial charge in [0.2, 0.25) is 0 Å². The minimum atomic E-state index is -0.367. The molecule has 0 aliphatic rings. The Kier molecular flexibility index (Phi) is 7.80. The van der Waals surface area contributed by atoms with Crippen LogP contribution in [0.4, 0.5) is 5.69 Å². The van der Waals surface area contributed by atoms with Gasteiger partial charge in [-0.05, 0) is 83.6 Å². The van der Waals surface area contributed by atoms with E-state index in [0.29, 0.717) is 39.4 Å². The second kappa shape index (κ2) is 10.7. The van der Waals surface area contributed by atoms with Gasteiger partial charge in [-0.25, -0.2) is 0 Å². The number of hydrogen-bond acceptors (Lipinski definition) is 5. The molecule has 1 heterocycles. The summed E-state index contributed by atoms with van der Waals surface area (Å²) in [6.07, 6.45) is 1.55. The number of carbonyl (C=O) groups is 2. The second-order valence-corrected chi connectivity index (χ2v) is 7.59. The molecule has 0 saturated carbocycles. The average molecular weight is 502 g/mol. The van der Waals surface area contributed by atoms with Crippen molar-refractivity contribution >= 4 is 50.8 Å². The molecule has 0 saturated heterocycles. The molecule has 3 rings (SSSR count). The molecule has 160 valence electrons. The molecule has 0 bridgehead atoms. The Balaban J connectivity index is 1.57. The van der Waals surface area contributed by atoms with Crippen LogP contribution in [0.25, 0.3) is 0 Å². The number of amides is 2. The first-order valence-electron chi connectivity index (χ1n) is 9.41. The highest BCUT2D eigenvalue weighted by atomic mass is 79.9. The summed E-state index contributed by atoms with van der Waals surface area (Å²) in [6, 6.07) is 15.3. The van der Waals surface area contributed by atoms with E-state index in [9.17, 15) is 9.59 Å². The number of anilines is 1. The zero-order valence-electron chi connectivity index (χ0n) is 16.6. The molecule has 2 amide bonds. The highest BCUT2D eigenvalue weighted by Gasteiger charge is 2.12. The van der Waals surface area contributed by atoms with Crippen molar-refractivity contribution in [1.82, 2.24) is 10.6 Å². The van der Waals surface area contributed by atoms with Crippen molar-refractivity contribution in [2.75, 3.05) is 11.9 Å². The molecule has 0 fully saturated rings. The fourth-order valence-electron chi connectivity index (χ4n) is 2.67. The Hall–Kier alpha value is -3.17. The van der Waals surface area contributed by atoms with Crippen molar-refractivity contribution < 1.29 is 18.7 Å². The van der Waals surface area contributed by atoms with Crippen LogP contribution in [-0.4, -0.2) is 23.5 Å². The van der Waals surface area contributed by atoms with Gasteiger partial charge < -0.3 is 19.8 Å². The van der Waals surface area contributed by atoms with Crippen LogP contribution in [0, 0.1) is 0 Å². The van der Waals surface area contributed by atoms with Crippen LogP contribution >= 0.6 is 28.1 Å². The van der Waals surface area contributed by atoms with Crippen LogP contribution in [-0.2, 0) is 6.54 Å². The molecular formula is C22H20BrN3O4S. The number of halogens is 1. The lowest BCUT2D eigenvalue weighted by Gasteiger charge is -2.12. The molecule has 9 heteroatoms. The Labute approximate surface area is 193 Å². The lowest BCUT2D eigenvalue weighted by molar-refractivity contribution is 0.0946. The highest BCUT2D eigenvalue weighted by Crippen LogP contribution is 2.26. The van der Waals surface area contributed by atoms with Gasteiger partial charge in [0.25, 0.3) is 11.8 Å². The average Bonchev–Trinajstić information content (AvgIpc) is 3.27. The Bertz CT molecular complexity index is 1090. The minimum absolute atomic E-state index is 0.114. The van der Waals surface area contributed by atoms with E-state index in [1.54, 1.807) is 60.9 Å². The fourth-order valence-corrected chi connectivity index (χ4v) is 3.38. The zero-order chi connectivity index (χ0) is 22.2. The van der Waals surface area contributed by atoms with Gasteiger partial charge in [0.1, 0.15) is 11.5 Å². The largest absolute Gasteiger partial charge is 0.493 e. The number of furan rings is 1. The van der Waals surface area contributed by atoms with E-state index in [2.05, 4.69) is 31.9 Å². The van der Waals surface area contributed by atoms with Crippen LogP contribution in [0.5, 0.6) is 5.75 Å². The third-order valence-corrected chi connectivity index (χ3v) is 4.93. The number of benzene rings is 2. The van der Waals surface area contributed by atoms with Gasteiger partial charge in [0, 0.05) is 16.8 Å². The van der Waals surface area contributed by atoms with Crippen molar-refractivity contribution in [2.24, 2.45) is 0 Å². The molecule has 7 nitrogen and oxygen atoms in total. The van der Waals surface area contributed by atoms with Crippen molar-refractivity contribution in [1.29, 1.82) is 0 Å². The smallest absolute Gasteiger partial charge is 0.257 e. The number of rotatable bonds is 7. The summed E-state index contributed by atoms with van der Waals surface area (Å²) in [5.41, 5.74) is 1.44. The van der Waals surface area contributed by atoms with Gasteiger partial charge in [0.15, 0.2) is 5.11 Å². The first kappa shape index (κ1) is 22.5. The molecule has 0 radical (unpaired) electrons. The molecule has 0 aliphatic heterocycles. The van der Waals surface area contributed by atoms with Crippen molar-refractivity contribution in [3.63, 3.8) is 0 Å². The summed E-state index contributed by atoms with van der Waals surface area (Å²) in [7, 11) is 0. The Morgan fingerprint density at radius 2 is 1.87 bits per heavy atom. The molecular weight excluding hydrogens is 482 g/mol. The third kappa shape index (κ3) is 6.40. The predicted octanol–water partition coefficient (Wildman–Crippen LogP) is 4.50. The first-order chi connectivity index (χ1) is 15.0. The topological polar surface area (TPSA) is 92.6 Å². The van der Waals surface area contributed by atoms with E-state index >= 15 is 0 Å². The summed E-state index contributed by atoms with van der Waals surface area (Å²) in [4.78, 5) is 24.8. The molecule has 0 unspecified atom stereocenters. The van der Waals surface area contributed by atoms with Crippen molar-refractivity contribution in [3.8, 4) is 5.75 Å². The Morgan fingerprint density at radius 3 is 2.58 bits per heavy atom. The van der Waals surface area contributed by atoms with Gasteiger partial charge in [-0.3, -0.25) is 14.9 Å². The van der Waals surface area contributed by atoms with Gasteiger partial charge in [-0.15, -0.1) is 0 Å². The molecule has 0 aliphatic carbocycles. The fraction of sp³-hybridized carbons (Fsp3) is 0.136. The van der Waals surface area contributed by atoms with E-state index in [1.807, 2.05) is 6.92 Å². The van der Waals surface area contributed by atoms with Gasteiger partial charge in [-0.2, -0.15) is 0 Å². The normalized spacial score (nSPS) is 10.3. The molecule has 3 N–H and O–H groups in total. The molecule has 0 spiro atoms. The summed E-state index contributed by atoms with van der Waals surface area (Å²) >= 11 is 8.62. The van der Waals surface area contributed by atoms with Crippen LogP contribution in [0.1, 0.15) is 33.4 Å². The number of carbonyl (C=O) groups excluding carboxylic acids is 2. The lowest BCUT2D eigenvalue weighted by atomic mass is 10.2. The van der Waals surface area contributed by atoms with Crippen LogP contribution in [0.2, 0.25) is 0 Å². The summed E-state index contributed by atoms with van der Waals surface area (Å²) in [6.45, 7) is 2.70. The van der Waals surface area contributed by atoms with Crippen LogP contribution in [0.15, 0.2) is 69.8 Å². The lowest BCUT2D eigenvalue weighted by Crippen LogP contribution is -2.34. The monoisotopic (exact) mass is 501 g/mol. The summed E-state index contributed by atoms with van der Waals surface area (Å²) in [5, 5.41) is 8.43. The van der Waals surface area contributed by atoms with Crippen LogP contribution in [0.3, 0.4) is 0 Å². The van der Waals surface area contributed by atoms with E-state index in [1.165, 1.54) is 0 Å². The molecule has 31 heavy (non-hydrogen) atoms. The standard InChI is InChI=1S/C22H20BrN3O4S/c1-2-29-19-9-8-15(12-18(19)23)21(28)26-22(31)25-16-6-3-5-14(11-16)20(27)24-13-17-7-4-10-30-17/h3-12H,2,13H2,1H3,(H,24,27)(H2,25,26,28,31). The van der Waals surface area contributed by atoms with Gasteiger partial charge in [-0.1, -0.05) is 6.07 Å².